The van der Waals surface area contributed by atoms with E-state index >= 15 is 0 Å². The van der Waals surface area contributed by atoms with E-state index in [1.165, 1.54) is 12.1 Å². The monoisotopic (exact) mass is 391 g/mol. The molecule has 0 bridgehead atoms. The fourth-order valence-electron chi connectivity index (χ4n) is 3.12. The molecule has 0 unspecified atom stereocenters. The Labute approximate surface area is 166 Å². The van der Waals surface area contributed by atoms with E-state index in [4.69, 9.17) is 9.05 Å². The third kappa shape index (κ3) is 3.67. The van der Waals surface area contributed by atoms with E-state index in [9.17, 15) is 9.18 Å². The van der Waals surface area contributed by atoms with Gasteiger partial charge in [0.05, 0.1) is 0 Å². The lowest BCUT2D eigenvalue weighted by Crippen LogP contribution is -2.24. The van der Waals surface area contributed by atoms with Gasteiger partial charge in [-0.25, -0.2) is 4.39 Å². The third-order valence-corrected chi connectivity index (χ3v) is 4.67. The van der Waals surface area contributed by atoms with Gasteiger partial charge in [-0.2, -0.15) is 0 Å². The summed E-state index contributed by atoms with van der Waals surface area (Å²) in [6.07, 6.45) is 0. The molecular formula is C22H18FN3O3. The Morgan fingerprint density at radius 2 is 1.52 bits per heavy atom. The normalized spacial score (nSPS) is 10.9. The molecule has 0 fully saturated rings. The van der Waals surface area contributed by atoms with Gasteiger partial charge in [0, 0.05) is 23.2 Å². The van der Waals surface area contributed by atoms with E-state index < -0.39 is 0 Å². The smallest absolute Gasteiger partial charge is 0.257 e. The molecule has 1 N–H and O–H groups in total. The van der Waals surface area contributed by atoms with Gasteiger partial charge in [-0.1, -0.05) is 40.6 Å². The van der Waals surface area contributed by atoms with Crippen LogP contribution in [0.5, 0.6) is 0 Å². The average Bonchev–Trinajstić information content (AvgIpc) is 3.30. The minimum Gasteiger partial charge on any atom is -0.361 e. The quantitative estimate of drug-likeness (QED) is 0.534. The van der Waals surface area contributed by atoms with Crippen LogP contribution in [-0.2, 0) is 6.54 Å². The van der Waals surface area contributed by atoms with Gasteiger partial charge in [0.1, 0.15) is 34.3 Å². The Bertz CT molecular complexity index is 1150. The molecule has 0 spiro atoms. The number of halogens is 1. The summed E-state index contributed by atoms with van der Waals surface area (Å²) in [6.45, 7) is 3.69. The lowest BCUT2D eigenvalue weighted by atomic mass is 10.0. The molecule has 4 rings (SSSR count). The molecule has 2 aromatic heterocycles. The highest BCUT2D eigenvalue weighted by Gasteiger charge is 2.23. The van der Waals surface area contributed by atoms with Gasteiger partial charge >= 0.3 is 0 Å². The molecule has 2 heterocycles. The molecular weight excluding hydrogens is 373 g/mol. The van der Waals surface area contributed by atoms with Gasteiger partial charge < -0.3 is 14.4 Å². The number of rotatable bonds is 5. The molecule has 2 aromatic carbocycles. The van der Waals surface area contributed by atoms with E-state index in [0.29, 0.717) is 34.0 Å². The highest BCUT2D eigenvalue weighted by molar-refractivity contribution is 6.00. The third-order valence-electron chi connectivity index (χ3n) is 4.67. The van der Waals surface area contributed by atoms with Gasteiger partial charge in [-0.3, -0.25) is 4.79 Å². The molecule has 0 saturated carbocycles. The number of carbonyl (C=O) groups excluding carboxylic acids is 1. The van der Waals surface area contributed by atoms with E-state index in [1.54, 1.807) is 26.0 Å². The van der Waals surface area contributed by atoms with Crippen molar-refractivity contribution < 1.29 is 18.2 Å². The number of hydrogen-bond acceptors (Lipinski definition) is 5. The number of hydrogen-bond donors (Lipinski definition) is 1. The summed E-state index contributed by atoms with van der Waals surface area (Å²) in [4.78, 5) is 12.9. The van der Waals surface area contributed by atoms with Gasteiger partial charge in [0.15, 0.2) is 0 Å². The SMILES string of the molecule is Cc1onc(-c2ccccc2)c1CNC(=O)c1c(-c2ccc(F)cc2)noc1C. The van der Waals surface area contributed by atoms with Crippen molar-refractivity contribution in [3.63, 3.8) is 0 Å². The molecule has 0 atom stereocenters. The standard InChI is InChI=1S/C22H18FN3O3/c1-13-18(20(25-28-13)15-6-4-3-5-7-15)12-24-22(27)19-14(2)29-26-21(19)16-8-10-17(23)11-9-16/h3-11H,12H2,1-2H3,(H,24,27). The molecule has 0 radical (unpaired) electrons. The van der Waals surface area contributed by atoms with Crippen LogP contribution in [-0.4, -0.2) is 16.2 Å². The number of aromatic nitrogens is 2. The topological polar surface area (TPSA) is 81.2 Å². The molecule has 6 nitrogen and oxygen atoms in total. The summed E-state index contributed by atoms with van der Waals surface area (Å²) in [6, 6.07) is 15.3. The van der Waals surface area contributed by atoms with Gasteiger partial charge in [0.2, 0.25) is 0 Å². The maximum absolute atomic E-state index is 13.2. The Balaban J connectivity index is 1.59. The highest BCUT2D eigenvalue weighted by atomic mass is 19.1. The molecule has 0 aliphatic heterocycles. The van der Waals surface area contributed by atoms with Crippen molar-refractivity contribution in [3.8, 4) is 22.5 Å². The molecule has 4 aromatic rings. The zero-order chi connectivity index (χ0) is 20.4. The van der Waals surface area contributed by atoms with Crippen molar-refractivity contribution >= 4 is 5.91 Å². The number of aryl methyl sites for hydroxylation is 2. The molecule has 0 aliphatic rings. The largest absolute Gasteiger partial charge is 0.361 e. The summed E-state index contributed by atoms with van der Waals surface area (Å²) >= 11 is 0. The van der Waals surface area contributed by atoms with Gasteiger partial charge in [0.25, 0.3) is 5.91 Å². The van der Waals surface area contributed by atoms with Crippen molar-refractivity contribution in [2.24, 2.45) is 0 Å². The van der Waals surface area contributed by atoms with Crippen LogP contribution in [0.3, 0.4) is 0 Å². The van der Waals surface area contributed by atoms with E-state index in [-0.39, 0.29) is 18.3 Å². The average molecular weight is 391 g/mol. The van der Waals surface area contributed by atoms with Crippen LogP contribution < -0.4 is 5.32 Å². The first-order valence-electron chi connectivity index (χ1n) is 9.05. The van der Waals surface area contributed by atoms with E-state index in [2.05, 4.69) is 15.6 Å². The van der Waals surface area contributed by atoms with Crippen LogP contribution in [0.25, 0.3) is 22.5 Å². The number of nitrogens with one attached hydrogen (secondary N) is 1. The molecule has 29 heavy (non-hydrogen) atoms. The van der Waals surface area contributed by atoms with Crippen molar-refractivity contribution in [2.45, 2.75) is 20.4 Å². The van der Waals surface area contributed by atoms with Crippen LogP contribution >= 0.6 is 0 Å². The predicted octanol–water partition coefficient (Wildman–Crippen LogP) is 4.68. The van der Waals surface area contributed by atoms with E-state index in [0.717, 1.165) is 11.1 Å². The highest BCUT2D eigenvalue weighted by Crippen LogP contribution is 2.27. The van der Waals surface area contributed by atoms with Crippen molar-refractivity contribution in [2.75, 3.05) is 0 Å². The second-order valence-electron chi connectivity index (χ2n) is 6.58. The van der Waals surface area contributed by atoms with Crippen molar-refractivity contribution in [1.29, 1.82) is 0 Å². The van der Waals surface area contributed by atoms with Gasteiger partial charge in [-0.05, 0) is 38.1 Å². The molecule has 0 saturated heterocycles. The Hall–Kier alpha value is -3.74. The Kier molecular flexibility index (Phi) is 4.95. The second kappa shape index (κ2) is 7.71. The molecule has 146 valence electrons. The second-order valence-corrected chi connectivity index (χ2v) is 6.58. The minimum atomic E-state index is -0.364. The molecule has 7 heteroatoms. The maximum atomic E-state index is 13.2. The van der Waals surface area contributed by atoms with Crippen LogP contribution in [0.1, 0.15) is 27.4 Å². The van der Waals surface area contributed by atoms with Crippen molar-refractivity contribution in [1.82, 2.24) is 15.6 Å². The number of nitrogens with zero attached hydrogens (tertiary/aromatic N) is 2. The van der Waals surface area contributed by atoms with Crippen LogP contribution in [0.2, 0.25) is 0 Å². The summed E-state index contributed by atoms with van der Waals surface area (Å²) in [5.41, 5.74) is 3.66. The first kappa shape index (κ1) is 18.6. The zero-order valence-corrected chi connectivity index (χ0v) is 15.9. The number of benzene rings is 2. The summed E-state index contributed by atoms with van der Waals surface area (Å²) in [5, 5.41) is 11.0. The molecule has 0 aliphatic carbocycles. The van der Waals surface area contributed by atoms with Crippen LogP contribution in [0, 0.1) is 19.7 Å². The predicted molar refractivity (Wildman–Crippen MR) is 104 cm³/mol. The number of carbonyl (C=O) groups is 1. The Morgan fingerprint density at radius 3 is 2.24 bits per heavy atom. The first-order chi connectivity index (χ1) is 14.0. The fraction of sp³-hybridized carbons (Fsp3) is 0.136. The first-order valence-corrected chi connectivity index (χ1v) is 9.05. The lowest BCUT2D eigenvalue weighted by molar-refractivity contribution is 0.0950. The van der Waals surface area contributed by atoms with Crippen molar-refractivity contribution in [3.05, 3.63) is 83.1 Å². The van der Waals surface area contributed by atoms with E-state index in [1.807, 2.05) is 30.3 Å². The minimum absolute atomic E-state index is 0.228. The maximum Gasteiger partial charge on any atom is 0.257 e. The summed E-state index contributed by atoms with van der Waals surface area (Å²) < 4.78 is 23.8. The summed E-state index contributed by atoms with van der Waals surface area (Å²) in [5.74, 6) is 0.302. The Morgan fingerprint density at radius 1 is 0.897 bits per heavy atom. The van der Waals surface area contributed by atoms with Crippen LogP contribution in [0.4, 0.5) is 4.39 Å². The van der Waals surface area contributed by atoms with Crippen LogP contribution in [0.15, 0.2) is 63.6 Å². The molecule has 1 amide bonds. The number of amides is 1. The zero-order valence-electron chi connectivity index (χ0n) is 15.9. The lowest BCUT2D eigenvalue weighted by Gasteiger charge is -2.07. The fourth-order valence-corrected chi connectivity index (χ4v) is 3.12. The van der Waals surface area contributed by atoms with Gasteiger partial charge in [-0.15, -0.1) is 0 Å². The summed E-state index contributed by atoms with van der Waals surface area (Å²) in [7, 11) is 0.